The summed E-state index contributed by atoms with van der Waals surface area (Å²) in [7, 11) is 0. The molecule has 9 heteroatoms. The second-order valence-electron chi connectivity index (χ2n) is 3.81. The van der Waals surface area contributed by atoms with Crippen LogP contribution in [0.2, 0.25) is 0 Å². The summed E-state index contributed by atoms with van der Waals surface area (Å²) in [5.74, 6) is -6.12. The fraction of sp³-hybridized carbons (Fsp3) is 0.364. The van der Waals surface area contributed by atoms with Gasteiger partial charge in [0.05, 0.1) is 12.2 Å². The number of alkyl halides is 5. The van der Waals surface area contributed by atoms with E-state index >= 15 is 0 Å². The minimum Gasteiger partial charge on any atom is -0.478 e. The summed E-state index contributed by atoms with van der Waals surface area (Å²) in [6.07, 6.45) is -5.67. The van der Waals surface area contributed by atoms with Gasteiger partial charge in [-0.3, -0.25) is 0 Å². The molecule has 0 fully saturated rings. The molecule has 0 atom stereocenters. The lowest BCUT2D eigenvalue weighted by Gasteiger charge is -2.19. The number of carboxylic acids is 1. The first kappa shape index (κ1) is 16.8. The van der Waals surface area contributed by atoms with Crippen LogP contribution in [0.5, 0.6) is 0 Å². The Morgan fingerprint density at radius 2 is 1.85 bits per heavy atom. The van der Waals surface area contributed by atoms with Crippen molar-refractivity contribution in [2.24, 2.45) is 0 Å². The van der Waals surface area contributed by atoms with Crippen molar-refractivity contribution in [1.82, 2.24) is 0 Å². The van der Waals surface area contributed by atoms with Crippen LogP contribution < -0.4 is 0 Å². The topological polar surface area (TPSA) is 46.5 Å². The summed E-state index contributed by atoms with van der Waals surface area (Å²) in [5, 5.41) is 8.70. The van der Waals surface area contributed by atoms with Crippen LogP contribution in [0.1, 0.15) is 15.9 Å². The Bertz CT molecular complexity index is 501. The van der Waals surface area contributed by atoms with Crippen LogP contribution >= 0.6 is 15.9 Å². The van der Waals surface area contributed by atoms with Crippen LogP contribution in [0.15, 0.2) is 22.7 Å². The second-order valence-corrected chi connectivity index (χ2v) is 4.66. The van der Waals surface area contributed by atoms with Crippen LogP contribution in [0, 0.1) is 0 Å². The molecule has 1 N–H and O–H groups in total. The van der Waals surface area contributed by atoms with Gasteiger partial charge < -0.3 is 9.84 Å². The van der Waals surface area contributed by atoms with Crippen LogP contribution in [-0.4, -0.2) is 29.8 Å². The van der Waals surface area contributed by atoms with Crippen molar-refractivity contribution in [3.63, 3.8) is 0 Å². The summed E-state index contributed by atoms with van der Waals surface area (Å²) in [4.78, 5) is 10.6. The van der Waals surface area contributed by atoms with Gasteiger partial charge in [0.15, 0.2) is 0 Å². The van der Waals surface area contributed by atoms with Gasteiger partial charge in [-0.15, -0.1) is 0 Å². The van der Waals surface area contributed by atoms with Gasteiger partial charge in [-0.25, -0.2) is 4.79 Å². The maximum atomic E-state index is 12.6. The highest BCUT2D eigenvalue weighted by Crippen LogP contribution is 2.35. The summed E-state index contributed by atoms with van der Waals surface area (Å²) in [6.45, 7) is -2.31. The third-order valence-electron chi connectivity index (χ3n) is 2.26. The lowest BCUT2D eigenvalue weighted by molar-refractivity contribution is -0.297. The zero-order chi connectivity index (χ0) is 15.6. The zero-order valence-corrected chi connectivity index (χ0v) is 11.3. The molecule has 1 rings (SSSR count). The number of aromatic carboxylic acids is 1. The Morgan fingerprint density at radius 3 is 2.30 bits per heavy atom. The van der Waals surface area contributed by atoms with Gasteiger partial charge in [0, 0.05) is 4.47 Å². The Balaban J connectivity index is 2.66. The second kappa shape index (κ2) is 6.04. The maximum absolute atomic E-state index is 12.6. The van der Waals surface area contributed by atoms with Crippen molar-refractivity contribution < 1.29 is 36.6 Å². The summed E-state index contributed by atoms with van der Waals surface area (Å²) in [6, 6.07) is 3.65. The first-order chi connectivity index (χ1) is 9.04. The van der Waals surface area contributed by atoms with E-state index in [0.29, 0.717) is 0 Å². The molecule has 1 aromatic rings. The smallest absolute Gasteiger partial charge is 0.455 e. The third-order valence-corrected chi connectivity index (χ3v) is 2.99. The fourth-order valence-corrected chi connectivity index (χ4v) is 1.66. The Kier molecular flexibility index (Phi) is 5.09. The first-order valence-corrected chi connectivity index (χ1v) is 5.88. The molecule has 0 heterocycles. The first-order valence-electron chi connectivity index (χ1n) is 5.08. The van der Waals surface area contributed by atoms with Crippen molar-refractivity contribution in [2.75, 3.05) is 6.61 Å². The molecule has 0 bridgehead atoms. The molecule has 0 saturated heterocycles. The van der Waals surface area contributed by atoms with Crippen LogP contribution in [0.4, 0.5) is 22.0 Å². The minimum absolute atomic E-state index is 0.0544. The third kappa shape index (κ3) is 4.14. The van der Waals surface area contributed by atoms with Crippen molar-refractivity contribution >= 4 is 21.9 Å². The van der Waals surface area contributed by atoms with Crippen molar-refractivity contribution in [1.29, 1.82) is 0 Å². The van der Waals surface area contributed by atoms with Crippen molar-refractivity contribution in [3.05, 3.63) is 33.8 Å². The van der Waals surface area contributed by atoms with Gasteiger partial charge in [-0.2, -0.15) is 22.0 Å². The van der Waals surface area contributed by atoms with E-state index in [-0.39, 0.29) is 15.6 Å². The highest BCUT2D eigenvalue weighted by Gasteiger charge is 2.57. The van der Waals surface area contributed by atoms with E-state index in [1.807, 2.05) is 0 Å². The van der Waals surface area contributed by atoms with E-state index in [9.17, 15) is 26.7 Å². The van der Waals surface area contributed by atoms with E-state index < -0.39 is 31.3 Å². The van der Waals surface area contributed by atoms with Gasteiger partial charge in [0.2, 0.25) is 0 Å². The largest absolute Gasteiger partial charge is 0.478 e. The minimum atomic E-state index is -5.67. The molecule has 0 aliphatic carbocycles. The standard InChI is InChI=1S/C11H8BrF5O3/c12-8-3-6(9(18)19)1-2-7(8)4-20-5-10(13,14)11(15,16)17/h1-3H,4-5H2,(H,18,19). The quantitative estimate of drug-likeness (QED) is 0.809. The Labute approximate surface area is 118 Å². The number of halogens is 6. The number of rotatable bonds is 5. The predicted molar refractivity (Wildman–Crippen MR) is 61.8 cm³/mol. The number of hydrogen-bond donors (Lipinski definition) is 1. The Morgan fingerprint density at radius 1 is 1.25 bits per heavy atom. The van der Waals surface area contributed by atoms with E-state index in [1.165, 1.54) is 18.2 Å². The average Bonchev–Trinajstić information content (AvgIpc) is 2.29. The molecule has 1 aromatic carbocycles. The molecule has 0 saturated carbocycles. The average molecular weight is 363 g/mol. The fourth-order valence-electron chi connectivity index (χ4n) is 1.17. The monoisotopic (exact) mass is 362 g/mol. The Hall–Kier alpha value is -1.22. The highest BCUT2D eigenvalue weighted by molar-refractivity contribution is 9.10. The molecule has 0 aliphatic rings. The number of carboxylic acid groups (broad SMARTS) is 1. The number of carbonyl (C=O) groups is 1. The van der Waals surface area contributed by atoms with Gasteiger partial charge in [0.1, 0.15) is 6.61 Å². The number of hydrogen-bond acceptors (Lipinski definition) is 2. The van der Waals surface area contributed by atoms with Crippen LogP contribution in [0.25, 0.3) is 0 Å². The number of ether oxygens (including phenoxy) is 1. The predicted octanol–water partition coefficient (Wildman–Crippen LogP) is 3.86. The van der Waals surface area contributed by atoms with Crippen LogP contribution in [-0.2, 0) is 11.3 Å². The summed E-state index contributed by atoms with van der Waals surface area (Å²) < 4.78 is 65.3. The molecule has 0 spiro atoms. The molecule has 0 unspecified atom stereocenters. The van der Waals surface area contributed by atoms with Gasteiger partial charge in [-0.05, 0) is 17.7 Å². The highest BCUT2D eigenvalue weighted by atomic mass is 79.9. The van der Waals surface area contributed by atoms with Gasteiger partial charge >= 0.3 is 18.1 Å². The SMILES string of the molecule is O=C(O)c1ccc(COCC(F)(F)C(F)(F)F)c(Br)c1. The molecular weight excluding hydrogens is 355 g/mol. The van der Waals surface area contributed by atoms with Crippen molar-refractivity contribution in [2.45, 2.75) is 18.7 Å². The van der Waals surface area contributed by atoms with E-state index in [1.54, 1.807) is 0 Å². The molecule has 3 nitrogen and oxygen atoms in total. The maximum Gasteiger partial charge on any atom is 0.455 e. The van der Waals surface area contributed by atoms with Gasteiger partial charge in [-0.1, -0.05) is 22.0 Å². The molecular formula is C11H8BrF5O3. The molecule has 20 heavy (non-hydrogen) atoms. The lowest BCUT2D eigenvalue weighted by Crippen LogP contribution is -2.40. The van der Waals surface area contributed by atoms with E-state index in [0.717, 1.165) is 0 Å². The van der Waals surface area contributed by atoms with Crippen LogP contribution in [0.3, 0.4) is 0 Å². The molecule has 0 amide bonds. The molecule has 0 radical (unpaired) electrons. The molecule has 0 aromatic heterocycles. The molecule has 112 valence electrons. The van der Waals surface area contributed by atoms with Gasteiger partial charge in [0.25, 0.3) is 0 Å². The zero-order valence-electron chi connectivity index (χ0n) is 9.68. The van der Waals surface area contributed by atoms with E-state index in [2.05, 4.69) is 20.7 Å². The lowest BCUT2D eigenvalue weighted by atomic mass is 10.1. The normalized spacial score (nSPS) is 12.5. The summed E-state index contributed by atoms with van der Waals surface area (Å²) >= 11 is 2.98. The molecule has 0 aliphatic heterocycles. The van der Waals surface area contributed by atoms with E-state index in [4.69, 9.17) is 5.11 Å². The summed E-state index contributed by atoms with van der Waals surface area (Å²) in [5.41, 5.74) is 0.203. The van der Waals surface area contributed by atoms with Crippen molar-refractivity contribution in [3.8, 4) is 0 Å². The number of benzene rings is 1.